The average Bonchev–Trinajstić information content (AvgIpc) is 2.38. The first kappa shape index (κ1) is 15.4. The van der Waals surface area contributed by atoms with E-state index in [1.807, 2.05) is 0 Å². The van der Waals surface area contributed by atoms with Crippen molar-refractivity contribution in [3.63, 3.8) is 0 Å². The second-order valence-electron chi connectivity index (χ2n) is 3.53. The van der Waals surface area contributed by atoms with Crippen LogP contribution >= 0.6 is 0 Å². The zero-order valence-corrected chi connectivity index (χ0v) is 10.2. The summed E-state index contributed by atoms with van der Waals surface area (Å²) in [5, 5.41) is 19.9. The minimum absolute atomic E-state index is 0.165. The quantitative estimate of drug-likeness (QED) is 0.508. The fraction of sp³-hybridized carbons (Fsp3) is 0.167. The van der Waals surface area contributed by atoms with Crippen molar-refractivity contribution < 1.29 is 27.8 Å². The lowest BCUT2D eigenvalue weighted by Gasteiger charge is -2.09. The second kappa shape index (κ2) is 5.97. The summed E-state index contributed by atoms with van der Waals surface area (Å²) in [6, 6.07) is 5.25. The van der Waals surface area contributed by atoms with Crippen molar-refractivity contribution in [2.75, 3.05) is 12.4 Å². The number of aliphatic hydroxyl groups excluding tert-OH is 1. The number of nitrogens with one attached hydrogen (secondary N) is 1. The number of alkyl halides is 3. The molecule has 0 bridgehead atoms. The van der Waals surface area contributed by atoms with E-state index in [0.717, 1.165) is 19.2 Å². The average molecular weight is 286 g/mol. The van der Waals surface area contributed by atoms with Gasteiger partial charge in [-0.1, -0.05) is 6.07 Å². The molecule has 8 heteroatoms. The van der Waals surface area contributed by atoms with Crippen LogP contribution in [0.1, 0.15) is 5.56 Å². The molecule has 0 aromatic heterocycles. The van der Waals surface area contributed by atoms with E-state index in [1.54, 1.807) is 0 Å². The minimum Gasteiger partial charge on any atom is -0.480 e. The van der Waals surface area contributed by atoms with Crippen molar-refractivity contribution in [3.8, 4) is 6.07 Å². The van der Waals surface area contributed by atoms with Gasteiger partial charge in [0.05, 0.1) is 12.7 Å². The third-order valence-electron chi connectivity index (χ3n) is 2.19. The molecule has 20 heavy (non-hydrogen) atoms. The van der Waals surface area contributed by atoms with Gasteiger partial charge in [0.25, 0.3) is 5.91 Å². The molecular weight excluding hydrogens is 277 g/mol. The van der Waals surface area contributed by atoms with Crippen LogP contribution in [0.15, 0.2) is 35.8 Å². The van der Waals surface area contributed by atoms with E-state index in [2.05, 4.69) is 10.1 Å². The van der Waals surface area contributed by atoms with Gasteiger partial charge in [0.1, 0.15) is 6.07 Å². The van der Waals surface area contributed by atoms with E-state index in [0.29, 0.717) is 6.07 Å². The third kappa shape index (κ3) is 3.65. The zero-order chi connectivity index (χ0) is 15.3. The molecule has 0 atom stereocenters. The van der Waals surface area contributed by atoms with Gasteiger partial charge in [-0.15, -0.1) is 0 Å². The predicted molar refractivity (Wildman–Crippen MR) is 62.4 cm³/mol. The normalized spacial score (nSPS) is 12.2. The van der Waals surface area contributed by atoms with Crippen LogP contribution in [0, 0.1) is 11.3 Å². The molecule has 0 unspecified atom stereocenters. The van der Waals surface area contributed by atoms with E-state index in [9.17, 15) is 18.0 Å². The van der Waals surface area contributed by atoms with Gasteiger partial charge in [0, 0.05) is 5.69 Å². The number of nitrogens with zero attached hydrogens (tertiary/aromatic N) is 1. The Balaban J connectivity index is 3.01. The Labute approximate surface area is 111 Å². The van der Waals surface area contributed by atoms with Crippen LogP contribution in [0.3, 0.4) is 0 Å². The molecule has 0 radical (unpaired) electrons. The summed E-state index contributed by atoms with van der Waals surface area (Å²) in [4.78, 5) is 11.6. The molecule has 0 aliphatic carbocycles. The fourth-order valence-corrected chi connectivity index (χ4v) is 1.26. The van der Waals surface area contributed by atoms with Crippen molar-refractivity contribution in [1.29, 1.82) is 5.26 Å². The minimum atomic E-state index is -4.55. The number of methoxy groups -OCH3 is 1. The third-order valence-corrected chi connectivity index (χ3v) is 2.19. The van der Waals surface area contributed by atoms with Gasteiger partial charge < -0.3 is 15.2 Å². The van der Waals surface area contributed by atoms with Crippen LogP contribution < -0.4 is 5.32 Å². The predicted octanol–water partition coefficient (Wildman–Crippen LogP) is 2.58. The molecular formula is C12H9F3N2O3. The van der Waals surface area contributed by atoms with Crippen molar-refractivity contribution in [3.05, 3.63) is 41.3 Å². The number of amides is 1. The molecule has 106 valence electrons. The molecule has 0 saturated carbocycles. The monoisotopic (exact) mass is 286 g/mol. The number of carbonyl (C=O) groups excluding carboxylic acids is 1. The van der Waals surface area contributed by atoms with Gasteiger partial charge in [-0.2, -0.15) is 18.4 Å². The summed E-state index contributed by atoms with van der Waals surface area (Å²) in [6.07, 6.45) is -4.55. The lowest BCUT2D eigenvalue weighted by atomic mass is 10.2. The maximum Gasteiger partial charge on any atom is 0.416 e. The number of anilines is 1. The Morgan fingerprint density at radius 1 is 1.45 bits per heavy atom. The topological polar surface area (TPSA) is 82.3 Å². The van der Waals surface area contributed by atoms with Crippen LogP contribution in [-0.2, 0) is 15.7 Å². The maximum absolute atomic E-state index is 12.5. The molecule has 1 aromatic carbocycles. The van der Waals surface area contributed by atoms with Crippen molar-refractivity contribution in [1.82, 2.24) is 0 Å². The van der Waals surface area contributed by atoms with Crippen molar-refractivity contribution in [2.24, 2.45) is 0 Å². The van der Waals surface area contributed by atoms with E-state index in [-0.39, 0.29) is 5.69 Å². The van der Waals surface area contributed by atoms with Crippen LogP contribution in [0.2, 0.25) is 0 Å². The van der Waals surface area contributed by atoms with Crippen LogP contribution in [0.4, 0.5) is 18.9 Å². The highest BCUT2D eigenvalue weighted by Crippen LogP contribution is 2.30. The summed E-state index contributed by atoms with van der Waals surface area (Å²) >= 11 is 0. The fourth-order valence-electron chi connectivity index (χ4n) is 1.26. The smallest absolute Gasteiger partial charge is 0.416 e. The molecule has 0 aliphatic heterocycles. The molecule has 1 aromatic rings. The highest BCUT2D eigenvalue weighted by molar-refractivity contribution is 6.06. The van der Waals surface area contributed by atoms with Crippen molar-refractivity contribution >= 4 is 11.6 Å². The van der Waals surface area contributed by atoms with Crippen LogP contribution in [-0.4, -0.2) is 18.1 Å². The highest BCUT2D eigenvalue weighted by Gasteiger charge is 2.30. The molecule has 0 heterocycles. The van der Waals surface area contributed by atoms with Gasteiger partial charge in [-0.3, -0.25) is 4.79 Å². The largest absolute Gasteiger partial charge is 0.480 e. The van der Waals surface area contributed by atoms with E-state index in [4.69, 9.17) is 10.4 Å². The van der Waals surface area contributed by atoms with Crippen LogP contribution in [0.5, 0.6) is 0 Å². The number of halogens is 3. The molecule has 0 aliphatic rings. The number of aliphatic hydroxyl groups is 1. The lowest BCUT2D eigenvalue weighted by Crippen LogP contribution is -2.16. The van der Waals surface area contributed by atoms with Gasteiger partial charge in [-0.25, -0.2) is 0 Å². The van der Waals surface area contributed by atoms with Gasteiger partial charge in [-0.05, 0) is 18.2 Å². The molecule has 5 nitrogen and oxygen atoms in total. The van der Waals surface area contributed by atoms with Gasteiger partial charge in [0.15, 0.2) is 5.57 Å². The molecule has 0 spiro atoms. The van der Waals surface area contributed by atoms with E-state index < -0.39 is 29.2 Å². The Morgan fingerprint density at radius 2 is 2.10 bits per heavy atom. The summed E-state index contributed by atoms with van der Waals surface area (Å²) in [7, 11) is 1.03. The maximum atomic E-state index is 12.5. The summed E-state index contributed by atoms with van der Waals surface area (Å²) in [6.45, 7) is 0. The second-order valence-corrected chi connectivity index (χ2v) is 3.53. The Bertz CT molecular complexity index is 588. The summed E-state index contributed by atoms with van der Waals surface area (Å²) in [5.74, 6) is -2.00. The Kier molecular flexibility index (Phi) is 4.59. The first-order chi connectivity index (χ1) is 9.29. The van der Waals surface area contributed by atoms with Gasteiger partial charge in [0.2, 0.25) is 0 Å². The number of ether oxygens (including phenoxy) is 1. The van der Waals surface area contributed by atoms with Crippen LogP contribution in [0.25, 0.3) is 0 Å². The number of benzene rings is 1. The lowest BCUT2D eigenvalue weighted by molar-refractivity contribution is -0.137. The van der Waals surface area contributed by atoms with E-state index in [1.165, 1.54) is 12.1 Å². The Morgan fingerprint density at radius 3 is 2.60 bits per heavy atom. The number of hydrogen-bond acceptors (Lipinski definition) is 4. The van der Waals surface area contributed by atoms with Crippen molar-refractivity contribution in [2.45, 2.75) is 6.18 Å². The van der Waals surface area contributed by atoms with E-state index >= 15 is 0 Å². The zero-order valence-electron chi connectivity index (χ0n) is 10.2. The number of rotatable bonds is 3. The molecule has 0 saturated heterocycles. The SMILES string of the molecule is CO/C(O)=C(\C#N)C(=O)Nc1cccc(C(F)(F)F)c1. The molecule has 1 rings (SSSR count). The number of nitriles is 1. The number of hydrogen-bond donors (Lipinski definition) is 2. The standard InChI is InChI=1S/C12H9F3N2O3/c1-20-11(19)9(6-16)10(18)17-8-4-2-3-7(5-8)12(13,14)15/h2-5,19H,1H3,(H,17,18)/b11-9+. The Hall–Kier alpha value is -2.69. The van der Waals surface area contributed by atoms with Gasteiger partial charge >= 0.3 is 12.1 Å². The first-order valence-electron chi connectivity index (χ1n) is 5.15. The summed E-state index contributed by atoms with van der Waals surface area (Å²) in [5.41, 5.74) is -1.86. The molecule has 2 N–H and O–H groups in total. The first-order valence-corrected chi connectivity index (χ1v) is 5.15. The highest BCUT2D eigenvalue weighted by atomic mass is 19.4. The number of carbonyl (C=O) groups is 1. The molecule has 1 amide bonds. The summed E-state index contributed by atoms with van der Waals surface area (Å²) < 4.78 is 41.7. The molecule has 0 fully saturated rings.